The Balaban J connectivity index is 3.93. The highest BCUT2D eigenvalue weighted by Crippen LogP contribution is 1.97. The zero-order chi connectivity index (χ0) is 14.3. The van der Waals surface area contributed by atoms with Crippen molar-refractivity contribution in [2.24, 2.45) is 11.7 Å². The number of hydrogen-bond donors (Lipinski definition) is 3. The Labute approximate surface area is 109 Å². The minimum atomic E-state index is -0.572. The van der Waals surface area contributed by atoms with Crippen molar-refractivity contribution in [2.75, 3.05) is 27.2 Å². The molecule has 6 heteroatoms. The van der Waals surface area contributed by atoms with Gasteiger partial charge in [0.05, 0.1) is 12.6 Å². The number of nitrogens with two attached hydrogens (primary N) is 1. The van der Waals surface area contributed by atoms with E-state index in [4.69, 9.17) is 5.73 Å². The van der Waals surface area contributed by atoms with Crippen LogP contribution in [0, 0.1) is 5.92 Å². The molecule has 0 bridgehead atoms. The fourth-order valence-electron chi connectivity index (χ4n) is 1.51. The third-order valence-corrected chi connectivity index (χ3v) is 2.49. The summed E-state index contributed by atoms with van der Waals surface area (Å²) in [6, 6.07) is -0.528. The maximum Gasteiger partial charge on any atom is 0.239 e. The van der Waals surface area contributed by atoms with Gasteiger partial charge in [-0.15, -0.1) is 0 Å². The minimum absolute atomic E-state index is 0.0307. The van der Waals surface area contributed by atoms with Crippen molar-refractivity contribution in [1.29, 1.82) is 0 Å². The maximum atomic E-state index is 11.5. The molecule has 18 heavy (non-hydrogen) atoms. The smallest absolute Gasteiger partial charge is 0.239 e. The van der Waals surface area contributed by atoms with Crippen molar-refractivity contribution in [2.45, 2.75) is 32.9 Å². The van der Waals surface area contributed by atoms with E-state index in [1.54, 1.807) is 0 Å². The first-order chi connectivity index (χ1) is 8.23. The Morgan fingerprint density at radius 2 is 1.78 bits per heavy atom. The molecule has 0 heterocycles. The van der Waals surface area contributed by atoms with Crippen LogP contribution in [0.25, 0.3) is 0 Å². The van der Waals surface area contributed by atoms with Crippen molar-refractivity contribution in [3.05, 3.63) is 0 Å². The van der Waals surface area contributed by atoms with Crippen molar-refractivity contribution in [1.82, 2.24) is 15.5 Å². The summed E-state index contributed by atoms with van der Waals surface area (Å²) in [5.74, 6) is -0.435. The number of hydrogen-bond acceptors (Lipinski definition) is 4. The molecule has 4 N–H and O–H groups in total. The summed E-state index contributed by atoms with van der Waals surface area (Å²) in [6.07, 6.45) is 0. The molecule has 0 fully saturated rings. The van der Waals surface area contributed by atoms with E-state index in [-0.39, 0.29) is 30.3 Å². The van der Waals surface area contributed by atoms with Gasteiger partial charge in [-0.25, -0.2) is 0 Å². The Morgan fingerprint density at radius 1 is 1.22 bits per heavy atom. The quantitative estimate of drug-likeness (QED) is 0.555. The van der Waals surface area contributed by atoms with Crippen molar-refractivity contribution in [3.8, 4) is 0 Å². The number of nitrogens with one attached hydrogen (secondary N) is 2. The first-order valence-corrected chi connectivity index (χ1v) is 6.21. The molecular formula is C12H26N4O2. The minimum Gasteiger partial charge on any atom is -0.351 e. The highest BCUT2D eigenvalue weighted by atomic mass is 16.2. The molecule has 0 rings (SSSR count). The molecule has 2 atom stereocenters. The molecule has 0 spiro atoms. The van der Waals surface area contributed by atoms with Crippen LogP contribution in [-0.4, -0.2) is 56.0 Å². The lowest BCUT2D eigenvalue weighted by Crippen LogP contribution is -2.49. The molecule has 0 aliphatic heterocycles. The van der Waals surface area contributed by atoms with Gasteiger partial charge in [0.25, 0.3) is 0 Å². The summed E-state index contributed by atoms with van der Waals surface area (Å²) < 4.78 is 0. The normalized spacial score (nSPS) is 14.4. The lowest BCUT2D eigenvalue weighted by Gasteiger charge is -2.19. The summed E-state index contributed by atoms with van der Waals surface area (Å²) in [6.45, 7) is 6.37. The highest BCUT2D eigenvalue weighted by molar-refractivity contribution is 5.87. The second-order valence-electron chi connectivity index (χ2n) is 5.22. The van der Waals surface area contributed by atoms with Crippen molar-refractivity contribution >= 4 is 11.8 Å². The summed E-state index contributed by atoms with van der Waals surface area (Å²) in [4.78, 5) is 25.1. The van der Waals surface area contributed by atoms with Crippen LogP contribution in [-0.2, 0) is 9.59 Å². The Morgan fingerprint density at radius 3 is 2.22 bits per heavy atom. The monoisotopic (exact) mass is 258 g/mol. The standard InChI is InChI=1S/C12H26N4O2/c1-8(2)11(13)12(18)14-6-10(17)15-9(3)7-16(4)5/h8-9,11H,6-7,13H2,1-5H3,(H,14,18)(H,15,17)/t9?,11-/m0/s1. The zero-order valence-electron chi connectivity index (χ0n) is 12.0. The van der Waals surface area contributed by atoms with Gasteiger partial charge in [0.15, 0.2) is 0 Å². The lowest BCUT2D eigenvalue weighted by atomic mass is 10.1. The van der Waals surface area contributed by atoms with E-state index < -0.39 is 6.04 Å². The van der Waals surface area contributed by atoms with Crippen LogP contribution in [0.4, 0.5) is 0 Å². The first kappa shape index (κ1) is 16.9. The Kier molecular flexibility index (Phi) is 7.54. The third-order valence-electron chi connectivity index (χ3n) is 2.49. The average Bonchev–Trinajstić information content (AvgIpc) is 2.23. The number of carbonyl (C=O) groups is 2. The van der Waals surface area contributed by atoms with Gasteiger partial charge < -0.3 is 21.3 Å². The SMILES string of the molecule is CC(CN(C)C)NC(=O)CNC(=O)[C@@H](N)C(C)C. The second kappa shape index (κ2) is 8.05. The maximum absolute atomic E-state index is 11.5. The van der Waals surface area contributed by atoms with E-state index in [0.29, 0.717) is 0 Å². The molecule has 0 saturated heterocycles. The average molecular weight is 258 g/mol. The van der Waals surface area contributed by atoms with Crippen LogP contribution in [0.3, 0.4) is 0 Å². The molecule has 2 amide bonds. The lowest BCUT2D eigenvalue weighted by molar-refractivity contribution is -0.127. The van der Waals surface area contributed by atoms with Gasteiger partial charge in [-0.05, 0) is 26.9 Å². The van der Waals surface area contributed by atoms with E-state index in [9.17, 15) is 9.59 Å². The van der Waals surface area contributed by atoms with Crippen LogP contribution in [0.1, 0.15) is 20.8 Å². The molecule has 0 aromatic rings. The van der Waals surface area contributed by atoms with E-state index in [1.807, 2.05) is 39.8 Å². The predicted octanol–water partition coefficient (Wildman–Crippen LogP) is -0.848. The van der Waals surface area contributed by atoms with Crippen LogP contribution >= 0.6 is 0 Å². The van der Waals surface area contributed by atoms with E-state index in [0.717, 1.165) is 6.54 Å². The van der Waals surface area contributed by atoms with Crippen LogP contribution < -0.4 is 16.4 Å². The third kappa shape index (κ3) is 7.24. The molecule has 0 aromatic heterocycles. The number of carbonyl (C=O) groups excluding carboxylic acids is 2. The van der Waals surface area contributed by atoms with Gasteiger partial charge in [0.2, 0.25) is 11.8 Å². The predicted molar refractivity (Wildman–Crippen MR) is 72.0 cm³/mol. The largest absolute Gasteiger partial charge is 0.351 e. The molecule has 0 aliphatic rings. The molecule has 0 aliphatic carbocycles. The Bertz CT molecular complexity index is 279. The summed E-state index contributed by atoms with van der Waals surface area (Å²) in [5, 5.41) is 5.33. The molecule has 0 saturated carbocycles. The molecule has 6 nitrogen and oxygen atoms in total. The van der Waals surface area contributed by atoms with Gasteiger partial charge in [0, 0.05) is 12.6 Å². The number of likely N-dealkylation sites (N-methyl/N-ethyl adjacent to an activating group) is 1. The van der Waals surface area contributed by atoms with E-state index in [1.165, 1.54) is 0 Å². The molecule has 0 aromatic carbocycles. The number of nitrogens with zero attached hydrogens (tertiary/aromatic N) is 1. The molecular weight excluding hydrogens is 232 g/mol. The fourth-order valence-corrected chi connectivity index (χ4v) is 1.51. The van der Waals surface area contributed by atoms with Crippen LogP contribution in [0.2, 0.25) is 0 Å². The summed E-state index contributed by atoms with van der Waals surface area (Å²) >= 11 is 0. The topological polar surface area (TPSA) is 87.5 Å². The second-order valence-corrected chi connectivity index (χ2v) is 5.22. The van der Waals surface area contributed by atoms with Crippen LogP contribution in [0.15, 0.2) is 0 Å². The number of rotatable bonds is 7. The van der Waals surface area contributed by atoms with Gasteiger partial charge in [-0.3, -0.25) is 9.59 Å². The highest BCUT2D eigenvalue weighted by Gasteiger charge is 2.17. The zero-order valence-corrected chi connectivity index (χ0v) is 12.0. The number of amides is 2. The van der Waals surface area contributed by atoms with Gasteiger partial charge in [0.1, 0.15) is 0 Å². The first-order valence-electron chi connectivity index (χ1n) is 6.21. The molecule has 106 valence electrons. The Hall–Kier alpha value is -1.14. The van der Waals surface area contributed by atoms with Gasteiger partial charge in [-0.2, -0.15) is 0 Å². The summed E-state index contributed by atoms with van der Waals surface area (Å²) in [5.41, 5.74) is 5.66. The van der Waals surface area contributed by atoms with Crippen molar-refractivity contribution in [3.63, 3.8) is 0 Å². The molecule has 0 radical (unpaired) electrons. The molecule has 1 unspecified atom stereocenters. The van der Waals surface area contributed by atoms with Gasteiger partial charge in [-0.1, -0.05) is 13.8 Å². The summed E-state index contributed by atoms with van der Waals surface area (Å²) in [7, 11) is 3.87. The fraction of sp³-hybridized carbons (Fsp3) is 0.833. The van der Waals surface area contributed by atoms with E-state index in [2.05, 4.69) is 10.6 Å². The van der Waals surface area contributed by atoms with Gasteiger partial charge >= 0.3 is 0 Å². The van der Waals surface area contributed by atoms with E-state index >= 15 is 0 Å². The van der Waals surface area contributed by atoms with Crippen LogP contribution in [0.5, 0.6) is 0 Å². The van der Waals surface area contributed by atoms with Crippen molar-refractivity contribution < 1.29 is 9.59 Å².